The van der Waals surface area contributed by atoms with Crippen LogP contribution in [0.25, 0.3) is 0 Å². The normalized spacial score (nSPS) is 16.6. The van der Waals surface area contributed by atoms with E-state index in [2.05, 4.69) is 12.2 Å². The zero-order valence-corrected chi connectivity index (χ0v) is 12.6. The number of rotatable bonds is 6. The van der Waals surface area contributed by atoms with E-state index in [-0.39, 0.29) is 0 Å². The fourth-order valence-electron chi connectivity index (χ4n) is 2.52. The molecule has 1 aliphatic carbocycles. The number of hydrogen-bond donors (Lipinski definition) is 1. The molecule has 1 fully saturated rings. The van der Waals surface area contributed by atoms with Crippen molar-refractivity contribution in [1.29, 1.82) is 0 Å². The summed E-state index contributed by atoms with van der Waals surface area (Å²) in [7, 11) is 3.24. The molecule has 1 aromatic carbocycles. The van der Waals surface area contributed by atoms with E-state index in [1.54, 1.807) is 20.3 Å². The fourth-order valence-corrected chi connectivity index (χ4v) is 2.73. The Morgan fingerprint density at radius 2 is 1.89 bits per heavy atom. The maximum Gasteiger partial charge on any atom is 0.162 e. The molecular weight excluding hydrogens is 262 g/mol. The molecule has 0 aromatic heterocycles. The van der Waals surface area contributed by atoms with Gasteiger partial charge in [-0.2, -0.15) is 0 Å². The highest BCUT2D eigenvalue weighted by Crippen LogP contribution is 2.37. The second-order valence-corrected chi connectivity index (χ2v) is 5.67. The van der Waals surface area contributed by atoms with Crippen LogP contribution in [0.4, 0.5) is 5.69 Å². The Balaban J connectivity index is 2.05. The van der Waals surface area contributed by atoms with Crippen LogP contribution in [0.3, 0.4) is 0 Å². The molecule has 0 heterocycles. The highest BCUT2D eigenvalue weighted by atomic mass is 35.5. The molecule has 1 N–H and O–H groups in total. The van der Waals surface area contributed by atoms with E-state index in [1.165, 1.54) is 25.7 Å². The molecule has 0 saturated heterocycles. The van der Waals surface area contributed by atoms with Gasteiger partial charge in [-0.3, -0.25) is 0 Å². The van der Waals surface area contributed by atoms with Crippen molar-refractivity contribution in [3.05, 3.63) is 17.2 Å². The zero-order valence-electron chi connectivity index (χ0n) is 11.8. The predicted octanol–water partition coefficient (Wildman–Crippen LogP) is 4.35. The van der Waals surface area contributed by atoms with Crippen LogP contribution in [-0.2, 0) is 0 Å². The SMILES string of the molecule is COc1cc(Cl)c(NC(C)CC2CCC2)cc1OC. The molecule has 2 rings (SSSR count). The molecule has 0 amide bonds. The zero-order chi connectivity index (χ0) is 13.8. The minimum atomic E-state index is 0.418. The lowest BCUT2D eigenvalue weighted by atomic mass is 9.81. The molecule has 4 heteroatoms. The quantitative estimate of drug-likeness (QED) is 0.842. The lowest BCUT2D eigenvalue weighted by Crippen LogP contribution is -2.23. The van der Waals surface area contributed by atoms with Crippen molar-refractivity contribution >= 4 is 17.3 Å². The molecule has 0 spiro atoms. The summed E-state index contributed by atoms with van der Waals surface area (Å²) in [6, 6.07) is 4.11. The third kappa shape index (κ3) is 3.47. The average Bonchev–Trinajstić information content (AvgIpc) is 2.35. The van der Waals surface area contributed by atoms with Crippen molar-refractivity contribution in [2.75, 3.05) is 19.5 Å². The van der Waals surface area contributed by atoms with Gasteiger partial charge < -0.3 is 14.8 Å². The van der Waals surface area contributed by atoms with Gasteiger partial charge in [0.1, 0.15) is 0 Å². The van der Waals surface area contributed by atoms with Crippen molar-refractivity contribution in [3.8, 4) is 11.5 Å². The number of methoxy groups -OCH3 is 2. The number of hydrogen-bond acceptors (Lipinski definition) is 3. The highest BCUT2D eigenvalue weighted by molar-refractivity contribution is 6.33. The van der Waals surface area contributed by atoms with Crippen LogP contribution >= 0.6 is 11.6 Å². The lowest BCUT2D eigenvalue weighted by molar-refractivity contribution is 0.286. The van der Waals surface area contributed by atoms with Crippen LogP contribution in [0.15, 0.2) is 12.1 Å². The first-order chi connectivity index (χ1) is 9.13. The van der Waals surface area contributed by atoms with E-state index in [1.807, 2.05) is 6.07 Å². The summed E-state index contributed by atoms with van der Waals surface area (Å²) in [6.07, 6.45) is 5.32. The molecule has 0 aliphatic heterocycles. The Morgan fingerprint density at radius 3 is 2.42 bits per heavy atom. The van der Waals surface area contributed by atoms with Crippen molar-refractivity contribution in [2.45, 2.75) is 38.6 Å². The van der Waals surface area contributed by atoms with E-state index < -0.39 is 0 Å². The standard InChI is InChI=1S/C15H22ClNO2/c1-10(7-11-5-4-6-11)17-13-9-15(19-3)14(18-2)8-12(13)16/h8-11,17H,4-7H2,1-3H3. The second-order valence-electron chi connectivity index (χ2n) is 5.27. The van der Waals surface area contributed by atoms with Crippen LogP contribution in [0.5, 0.6) is 11.5 Å². The first-order valence-corrected chi connectivity index (χ1v) is 7.20. The molecule has 1 unspecified atom stereocenters. The van der Waals surface area contributed by atoms with E-state index in [4.69, 9.17) is 21.1 Å². The molecule has 1 aliphatic rings. The van der Waals surface area contributed by atoms with Crippen LogP contribution in [0.1, 0.15) is 32.6 Å². The van der Waals surface area contributed by atoms with E-state index in [0.717, 1.165) is 11.6 Å². The molecule has 19 heavy (non-hydrogen) atoms. The molecular formula is C15H22ClNO2. The van der Waals surface area contributed by atoms with Gasteiger partial charge in [0.05, 0.1) is 24.9 Å². The Bertz CT molecular complexity index is 432. The summed E-state index contributed by atoms with van der Waals surface area (Å²) >= 11 is 6.27. The lowest BCUT2D eigenvalue weighted by Gasteiger charge is -2.29. The van der Waals surface area contributed by atoms with E-state index in [9.17, 15) is 0 Å². The number of ether oxygens (including phenoxy) is 2. The summed E-state index contributed by atoms with van der Waals surface area (Å²) < 4.78 is 10.5. The second kappa shape index (κ2) is 6.38. The van der Waals surface area contributed by atoms with Gasteiger partial charge in [-0.05, 0) is 19.3 Å². The average molecular weight is 284 g/mol. The van der Waals surface area contributed by atoms with Gasteiger partial charge in [-0.15, -0.1) is 0 Å². The van der Waals surface area contributed by atoms with Crippen LogP contribution in [-0.4, -0.2) is 20.3 Å². The number of nitrogens with one attached hydrogen (secondary N) is 1. The first kappa shape index (κ1) is 14.3. The minimum Gasteiger partial charge on any atom is -0.493 e. The Morgan fingerprint density at radius 1 is 1.26 bits per heavy atom. The molecule has 0 radical (unpaired) electrons. The monoisotopic (exact) mass is 283 g/mol. The maximum absolute atomic E-state index is 6.27. The maximum atomic E-state index is 6.27. The summed E-state index contributed by atoms with van der Waals surface area (Å²) in [4.78, 5) is 0. The first-order valence-electron chi connectivity index (χ1n) is 6.82. The van der Waals surface area contributed by atoms with Crippen LogP contribution < -0.4 is 14.8 Å². The molecule has 3 nitrogen and oxygen atoms in total. The largest absolute Gasteiger partial charge is 0.493 e. The van der Waals surface area contributed by atoms with Crippen LogP contribution in [0.2, 0.25) is 5.02 Å². The Hall–Kier alpha value is -1.09. The van der Waals surface area contributed by atoms with Gasteiger partial charge in [0, 0.05) is 18.2 Å². The summed E-state index contributed by atoms with van der Waals surface area (Å²) in [6.45, 7) is 2.20. The van der Waals surface area contributed by atoms with Crippen molar-refractivity contribution in [1.82, 2.24) is 0 Å². The number of halogens is 1. The highest BCUT2D eigenvalue weighted by Gasteiger charge is 2.20. The van der Waals surface area contributed by atoms with E-state index >= 15 is 0 Å². The van der Waals surface area contributed by atoms with Gasteiger partial charge in [0.25, 0.3) is 0 Å². The van der Waals surface area contributed by atoms with E-state index in [0.29, 0.717) is 22.6 Å². The summed E-state index contributed by atoms with van der Waals surface area (Å²) in [5.74, 6) is 2.23. The Kier molecular flexibility index (Phi) is 4.81. The molecule has 1 atom stereocenters. The minimum absolute atomic E-state index is 0.418. The third-order valence-electron chi connectivity index (χ3n) is 3.79. The predicted molar refractivity (Wildman–Crippen MR) is 79.6 cm³/mol. The molecule has 0 bridgehead atoms. The third-order valence-corrected chi connectivity index (χ3v) is 4.10. The molecule has 106 valence electrons. The van der Waals surface area contributed by atoms with Gasteiger partial charge in [-0.1, -0.05) is 30.9 Å². The van der Waals surface area contributed by atoms with Gasteiger partial charge in [-0.25, -0.2) is 0 Å². The number of anilines is 1. The van der Waals surface area contributed by atoms with Crippen molar-refractivity contribution < 1.29 is 9.47 Å². The summed E-state index contributed by atoms with van der Waals surface area (Å²) in [5, 5.41) is 4.13. The van der Waals surface area contributed by atoms with Gasteiger partial charge in [0.2, 0.25) is 0 Å². The Labute approximate surface area is 120 Å². The van der Waals surface area contributed by atoms with Gasteiger partial charge >= 0.3 is 0 Å². The fraction of sp³-hybridized carbons (Fsp3) is 0.600. The van der Waals surface area contributed by atoms with Crippen molar-refractivity contribution in [2.24, 2.45) is 5.92 Å². The topological polar surface area (TPSA) is 30.5 Å². The van der Waals surface area contributed by atoms with Gasteiger partial charge in [0.15, 0.2) is 11.5 Å². The van der Waals surface area contributed by atoms with Crippen molar-refractivity contribution in [3.63, 3.8) is 0 Å². The summed E-state index contributed by atoms with van der Waals surface area (Å²) in [5.41, 5.74) is 0.908. The smallest absolute Gasteiger partial charge is 0.162 e. The molecule has 1 saturated carbocycles. The molecule has 1 aromatic rings. The number of benzene rings is 1. The van der Waals surface area contributed by atoms with Crippen LogP contribution in [0, 0.1) is 5.92 Å².